The van der Waals surface area contributed by atoms with Crippen molar-refractivity contribution in [3.8, 4) is 0 Å². The second kappa shape index (κ2) is 9.22. The highest BCUT2D eigenvalue weighted by Gasteiger charge is 2.07. The van der Waals surface area contributed by atoms with Crippen molar-refractivity contribution in [2.75, 3.05) is 16.8 Å². The maximum atomic E-state index is 11.8. The van der Waals surface area contributed by atoms with E-state index in [-0.39, 0.29) is 23.3 Å². The lowest BCUT2D eigenvalue weighted by molar-refractivity contribution is -0.118. The molecule has 0 aliphatic heterocycles. The van der Waals surface area contributed by atoms with Crippen LogP contribution in [0.15, 0.2) is 54.6 Å². The van der Waals surface area contributed by atoms with Gasteiger partial charge in [-0.05, 0) is 23.8 Å². The fourth-order valence-electron chi connectivity index (χ4n) is 1.84. The predicted molar refractivity (Wildman–Crippen MR) is 95.7 cm³/mol. The van der Waals surface area contributed by atoms with Crippen LogP contribution in [-0.4, -0.2) is 23.3 Å². The average Bonchev–Trinajstić information content (AvgIpc) is 2.55. The van der Waals surface area contributed by atoms with E-state index >= 15 is 0 Å². The summed E-state index contributed by atoms with van der Waals surface area (Å²) < 4.78 is 0. The number of hydrogen-bond acceptors (Lipinski definition) is 3. The second-order valence-corrected chi connectivity index (χ2v) is 6.17. The number of carbonyl (C=O) groups excluding carboxylic acids is 2. The minimum atomic E-state index is -0.125. The zero-order valence-corrected chi connectivity index (χ0v) is 14.0. The van der Waals surface area contributed by atoms with Crippen LogP contribution in [0.4, 0.5) is 5.69 Å². The highest BCUT2D eigenvalue weighted by Crippen LogP contribution is 2.14. The summed E-state index contributed by atoms with van der Waals surface area (Å²) in [4.78, 5) is 23.5. The normalized spacial score (nSPS) is 10.1. The number of hydrogen-bond donors (Lipinski definition) is 2. The third-order valence-corrected chi connectivity index (χ3v) is 4.26. The van der Waals surface area contributed by atoms with Crippen LogP contribution < -0.4 is 10.6 Å². The summed E-state index contributed by atoms with van der Waals surface area (Å²) in [7, 11) is 0. The van der Waals surface area contributed by atoms with E-state index in [1.165, 1.54) is 11.8 Å². The lowest BCUT2D eigenvalue weighted by atomic mass is 10.2. The van der Waals surface area contributed by atoms with Crippen molar-refractivity contribution in [3.63, 3.8) is 0 Å². The monoisotopic (exact) mass is 348 g/mol. The fraction of sp³-hybridized carbons (Fsp3) is 0.176. The van der Waals surface area contributed by atoms with Crippen molar-refractivity contribution in [3.05, 3.63) is 65.2 Å². The quantitative estimate of drug-likeness (QED) is 0.807. The zero-order valence-electron chi connectivity index (χ0n) is 12.4. The van der Waals surface area contributed by atoms with Crippen LogP contribution in [0, 0.1) is 0 Å². The number of anilines is 1. The van der Waals surface area contributed by atoms with Crippen LogP contribution in [-0.2, 0) is 16.1 Å². The molecule has 0 aromatic heterocycles. The summed E-state index contributed by atoms with van der Waals surface area (Å²) in [5, 5.41) is 6.19. The Labute approximate surface area is 144 Å². The molecular weight excluding hydrogens is 332 g/mol. The van der Waals surface area contributed by atoms with Gasteiger partial charge in [-0.15, -0.1) is 11.8 Å². The van der Waals surface area contributed by atoms with Crippen molar-refractivity contribution < 1.29 is 9.59 Å². The third-order valence-electron chi connectivity index (χ3n) is 2.96. The molecule has 4 nitrogen and oxygen atoms in total. The topological polar surface area (TPSA) is 58.2 Å². The Morgan fingerprint density at radius 3 is 2.30 bits per heavy atom. The van der Waals surface area contributed by atoms with Gasteiger partial charge in [-0.2, -0.15) is 0 Å². The summed E-state index contributed by atoms with van der Waals surface area (Å²) in [5.74, 6) is 0.212. The van der Waals surface area contributed by atoms with E-state index in [0.717, 1.165) is 11.3 Å². The standard InChI is InChI=1S/C17H17ClN2O2S/c18-15-9-5-4-6-13(15)10-19-16(21)11-23-12-17(22)20-14-7-2-1-3-8-14/h1-9H,10-12H2,(H,19,21)(H,20,22). The van der Waals surface area contributed by atoms with E-state index in [4.69, 9.17) is 11.6 Å². The molecule has 0 radical (unpaired) electrons. The van der Waals surface area contributed by atoms with Gasteiger partial charge in [0.1, 0.15) is 0 Å². The minimum Gasteiger partial charge on any atom is -0.351 e. The van der Waals surface area contributed by atoms with Gasteiger partial charge in [-0.25, -0.2) is 0 Å². The fourth-order valence-corrected chi connectivity index (χ4v) is 2.69. The minimum absolute atomic E-state index is 0.123. The smallest absolute Gasteiger partial charge is 0.234 e. The lowest BCUT2D eigenvalue weighted by Gasteiger charge is -2.07. The summed E-state index contributed by atoms with van der Waals surface area (Å²) in [6.45, 7) is 0.384. The van der Waals surface area contributed by atoms with Gasteiger partial charge in [0.2, 0.25) is 11.8 Å². The molecule has 0 aliphatic rings. The van der Waals surface area contributed by atoms with Crippen LogP contribution in [0.2, 0.25) is 5.02 Å². The van der Waals surface area contributed by atoms with Crippen molar-refractivity contribution in [2.24, 2.45) is 0 Å². The Hall–Kier alpha value is -1.98. The van der Waals surface area contributed by atoms with Crippen molar-refractivity contribution in [1.82, 2.24) is 5.32 Å². The molecule has 2 aromatic carbocycles. The van der Waals surface area contributed by atoms with Gasteiger partial charge in [-0.1, -0.05) is 48.0 Å². The number of para-hydroxylation sites is 1. The summed E-state index contributed by atoms with van der Waals surface area (Å²) in [5.41, 5.74) is 1.62. The van der Waals surface area contributed by atoms with Gasteiger partial charge in [0.25, 0.3) is 0 Å². The first-order chi connectivity index (χ1) is 11.1. The molecular formula is C17H17ClN2O2S. The van der Waals surface area contributed by atoms with Gasteiger partial charge in [0, 0.05) is 17.3 Å². The van der Waals surface area contributed by atoms with E-state index in [2.05, 4.69) is 10.6 Å². The van der Waals surface area contributed by atoms with E-state index in [1.807, 2.05) is 48.5 Å². The molecule has 2 amide bonds. The number of nitrogens with one attached hydrogen (secondary N) is 2. The predicted octanol–water partition coefficient (Wildman–Crippen LogP) is 3.33. The van der Waals surface area contributed by atoms with Gasteiger partial charge < -0.3 is 10.6 Å². The Kier molecular flexibility index (Phi) is 6.97. The van der Waals surface area contributed by atoms with E-state index in [1.54, 1.807) is 6.07 Å². The molecule has 6 heteroatoms. The summed E-state index contributed by atoms with van der Waals surface area (Å²) in [6, 6.07) is 16.6. The van der Waals surface area contributed by atoms with E-state index in [9.17, 15) is 9.59 Å². The maximum absolute atomic E-state index is 11.8. The largest absolute Gasteiger partial charge is 0.351 e. The van der Waals surface area contributed by atoms with E-state index in [0.29, 0.717) is 11.6 Å². The first-order valence-electron chi connectivity index (χ1n) is 7.08. The van der Waals surface area contributed by atoms with Crippen LogP contribution in [0.5, 0.6) is 0 Å². The molecule has 23 heavy (non-hydrogen) atoms. The Bertz CT molecular complexity index is 665. The molecule has 2 N–H and O–H groups in total. The van der Waals surface area contributed by atoms with Gasteiger partial charge >= 0.3 is 0 Å². The Morgan fingerprint density at radius 1 is 0.913 bits per heavy atom. The highest BCUT2D eigenvalue weighted by molar-refractivity contribution is 8.00. The van der Waals surface area contributed by atoms with Crippen LogP contribution in [0.1, 0.15) is 5.56 Å². The lowest BCUT2D eigenvalue weighted by Crippen LogP contribution is -2.25. The summed E-state index contributed by atoms with van der Waals surface area (Å²) >= 11 is 7.29. The Morgan fingerprint density at radius 2 is 1.57 bits per heavy atom. The molecule has 0 saturated heterocycles. The first kappa shape index (κ1) is 17.4. The first-order valence-corrected chi connectivity index (χ1v) is 8.61. The number of halogens is 1. The second-order valence-electron chi connectivity index (χ2n) is 4.78. The van der Waals surface area contributed by atoms with Crippen molar-refractivity contribution in [2.45, 2.75) is 6.54 Å². The molecule has 0 spiro atoms. The SMILES string of the molecule is O=C(CSCC(=O)Nc1ccccc1)NCc1ccccc1Cl. The number of amides is 2. The maximum Gasteiger partial charge on any atom is 0.234 e. The van der Waals surface area contributed by atoms with Crippen molar-refractivity contribution in [1.29, 1.82) is 0 Å². The molecule has 120 valence electrons. The summed E-state index contributed by atoms with van der Waals surface area (Å²) in [6.07, 6.45) is 0. The van der Waals surface area contributed by atoms with Gasteiger partial charge in [0.05, 0.1) is 11.5 Å². The van der Waals surface area contributed by atoms with Gasteiger partial charge in [-0.3, -0.25) is 9.59 Å². The molecule has 2 aromatic rings. The molecule has 0 aliphatic carbocycles. The molecule has 0 unspecified atom stereocenters. The molecule has 0 saturated carbocycles. The number of benzene rings is 2. The van der Waals surface area contributed by atoms with Crippen LogP contribution in [0.3, 0.4) is 0 Å². The van der Waals surface area contributed by atoms with Crippen molar-refractivity contribution >= 4 is 40.9 Å². The number of thioether (sulfide) groups is 1. The molecule has 0 heterocycles. The molecule has 2 rings (SSSR count). The Balaban J connectivity index is 1.65. The zero-order chi connectivity index (χ0) is 16.5. The van der Waals surface area contributed by atoms with Gasteiger partial charge in [0.15, 0.2) is 0 Å². The highest BCUT2D eigenvalue weighted by atomic mass is 35.5. The van der Waals surface area contributed by atoms with Crippen LogP contribution in [0.25, 0.3) is 0 Å². The van der Waals surface area contributed by atoms with Crippen LogP contribution >= 0.6 is 23.4 Å². The average molecular weight is 349 g/mol. The number of carbonyl (C=O) groups is 2. The number of rotatable bonds is 7. The molecule has 0 atom stereocenters. The molecule has 0 fully saturated rings. The third kappa shape index (κ3) is 6.34. The van der Waals surface area contributed by atoms with E-state index < -0.39 is 0 Å². The molecule has 0 bridgehead atoms.